The molecule has 1 rings (SSSR count). The average Bonchev–Trinajstić information content (AvgIpc) is 3.18. The highest BCUT2D eigenvalue weighted by molar-refractivity contribution is 5.72. The van der Waals surface area contributed by atoms with Gasteiger partial charge in [0.25, 0.3) is 0 Å². The number of quaternary nitrogens is 1. The van der Waals surface area contributed by atoms with Crippen molar-refractivity contribution in [2.75, 3.05) is 19.6 Å². The molecule has 0 spiro atoms. The van der Waals surface area contributed by atoms with E-state index in [1.807, 2.05) is 0 Å². The zero-order valence-electron chi connectivity index (χ0n) is 21.7. The van der Waals surface area contributed by atoms with Gasteiger partial charge in [-0.2, -0.15) is 0 Å². The Labute approximate surface area is 199 Å². The van der Waals surface area contributed by atoms with Crippen LogP contribution in [-0.2, 0) is 4.79 Å². The van der Waals surface area contributed by atoms with Crippen LogP contribution in [0.15, 0.2) is 24.6 Å². The molecule has 1 amide bonds. The number of nitrogens with one attached hydrogen (secondary N) is 2. The smallest absolute Gasteiger partial charge is 0.217 e. The van der Waals surface area contributed by atoms with Crippen molar-refractivity contribution in [1.29, 1.82) is 0 Å². The largest absolute Gasteiger partial charge is 0.351 e. The third kappa shape index (κ3) is 13.3. The minimum atomic E-state index is 0.0640. The fourth-order valence-electron chi connectivity index (χ4n) is 4.81. The first-order chi connectivity index (χ1) is 15.6. The third-order valence-corrected chi connectivity index (χ3v) is 7.01. The maximum Gasteiger partial charge on any atom is 0.217 e. The van der Waals surface area contributed by atoms with Crippen LogP contribution in [0, 0.1) is 0 Å². The summed E-state index contributed by atoms with van der Waals surface area (Å²) in [5, 5.41) is 6.51. The highest BCUT2D eigenvalue weighted by Gasteiger charge is 2.36. The number of carbonyl (C=O) groups is 1. The molecule has 4 heteroatoms. The second-order valence-corrected chi connectivity index (χ2v) is 9.70. The number of unbranched alkanes of at least 4 members (excludes halogenated alkanes) is 13. The number of amides is 1. The van der Waals surface area contributed by atoms with Crippen LogP contribution in [0.25, 0.3) is 0 Å². The number of carbonyl (C=O) groups excluding carboxylic acids is 1. The van der Waals surface area contributed by atoms with Gasteiger partial charge in [0.05, 0.1) is 19.3 Å². The Hall–Kier alpha value is -1.29. The minimum absolute atomic E-state index is 0.0640. The van der Waals surface area contributed by atoms with Crippen LogP contribution < -0.4 is 10.6 Å². The van der Waals surface area contributed by atoms with E-state index in [4.69, 9.17) is 0 Å². The summed E-state index contributed by atoms with van der Waals surface area (Å²) in [6.07, 6.45) is 31.4. The predicted molar refractivity (Wildman–Crippen MR) is 139 cm³/mol. The van der Waals surface area contributed by atoms with Crippen molar-refractivity contribution in [3.05, 3.63) is 24.6 Å². The molecular weight excluding hydrogens is 394 g/mol. The topological polar surface area (TPSA) is 41.1 Å². The lowest BCUT2D eigenvalue weighted by molar-refractivity contribution is -0.898. The molecule has 0 fully saturated rings. The Balaban J connectivity index is 1.97. The summed E-state index contributed by atoms with van der Waals surface area (Å²) in [5.74, 6) is 0.0640. The lowest BCUT2D eigenvalue weighted by atomic mass is 10.1. The third-order valence-electron chi connectivity index (χ3n) is 7.01. The van der Waals surface area contributed by atoms with E-state index < -0.39 is 0 Å². The summed E-state index contributed by atoms with van der Waals surface area (Å²) in [5.41, 5.74) is 0. The molecule has 0 aromatic rings. The monoisotopic (exact) mass is 448 g/mol. The molecule has 1 aliphatic rings. The van der Waals surface area contributed by atoms with Crippen LogP contribution in [0.2, 0.25) is 0 Å². The summed E-state index contributed by atoms with van der Waals surface area (Å²) in [6, 6.07) is 0. The van der Waals surface area contributed by atoms with Gasteiger partial charge in [0.1, 0.15) is 12.7 Å². The highest BCUT2D eigenvalue weighted by Crippen LogP contribution is 2.22. The van der Waals surface area contributed by atoms with Crippen LogP contribution in [0.4, 0.5) is 0 Å². The Morgan fingerprint density at radius 1 is 0.875 bits per heavy atom. The van der Waals surface area contributed by atoms with Crippen LogP contribution in [-0.4, -0.2) is 36.2 Å². The van der Waals surface area contributed by atoms with E-state index >= 15 is 0 Å². The normalized spacial score (nSPS) is 20.2. The lowest BCUT2D eigenvalue weighted by Crippen LogP contribution is -2.55. The molecule has 0 aromatic carbocycles. The minimum Gasteiger partial charge on any atom is -0.351 e. The zero-order chi connectivity index (χ0) is 23.3. The van der Waals surface area contributed by atoms with Crippen molar-refractivity contribution < 1.29 is 9.28 Å². The van der Waals surface area contributed by atoms with Crippen molar-refractivity contribution in [3.8, 4) is 0 Å². The molecule has 0 saturated heterocycles. The molecule has 1 aliphatic heterocycles. The first kappa shape index (κ1) is 28.7. The molecule has 0 aromatic heterocycles. The van der Waals surface area contributed by atoms with Gasteiger partial charge in [-0.3, -0.25) is 9.28 Å². The molecule has 0 saturated carbocycles. The van der Waals surface area contributed by atoms with Gasteiger partial charge < -0.3 is 10.6 Å². The van der Waals surface area contributed by atoms with E-state index in [9.17, 15) is 4.79 Å². The maximum absolute atomic E-state index is 11.2. The Kier molecular flexibility index (Phi) is 17.2. The van der Waals surface area contributed by atoms with Crippen LogP contribution >= 0.6 is 0 Å². The van der Waals surface area contributed by atoms with Crippen molar-refractivity contribution in [2.24, 2.45) is 0 Å². The van der Waals surface area contributed by atoms with Gasteiger partial charge in [-0.25, -0.2) is 0 Å². The molecule has 2 atom stereocenters. The molecule has 32 heavy (non-hydrogen) atoms. The molecule has 4 nitrogen and oxygen atoms in total. The number of hydrogen-bond donors (Lipinski definition) is 2. The molecule has 2 N–H and O–H groups in total. The quantitative estimate of drug-likeness (QED) is 0.111. The Bertz CT molecular complexity index is 517. The lowest BCUT2D eigenvalue weighted by Gasteiger charge is -2.37. The summed E-state index contributed by atoms with van der Waals surface area (Å²) in [7, 11) is 0. The number of nitrogens with zero attached hydrogens (tertiary/aromatic N) is 1. The summed E-state index contributed by atoms with van der Waals surface area (Å²) >= 11 is 0. The van der Waals surface area contributed by atoms with Gasteiger partial charge in [0.15, 0.2) is 6.17 Å². The van der Waals surface area contributed by atoms with Crippen LogP contribution in [0.3, 0.4) is 0 Å². The number of likely N-dealkylation sites (N-methyl/N-ethyl adjacent to an activating group) is 1. The van der Waals surface area contributed by atoms with Crippen molar-refractivity contribution in [2.45, 2.75) is 130 Å². The summed E-state index contributed by atoms with van der Waals surface area (Å²) < 4.78 is 0.946. The molecule has 186 valence electrons. The van der Waals surface area contributed by atoms with Gasteiger partial charge in [-0.05, 0) is 39.0 Å². The fourth-order valence-corrected chi connectivity index (χ4v) is 4.81. The van der Waals surface area contributed by atoms with Crippen molar-refractivity contribution >= 4 is 5.91 Å². The van der Waals surface area contributed by atoms with E-state index in [-0.39, 0.29) is 5.91 Å². The van der Waals surface area contributed by atoms with E-state index in [0.29, 0.717) is 6.17 Å². The first-order valence-electron chi connectivity index (χ1n) is 13.8. The molecule has 0 bridgehead atoms. The van der Waals surface area contributed by atoms with Gasteiger partial charge >= 0.3 is 0 Å². The molecule has 0 aliphatic carbocycles. The average molecular weight is 449 g/mol. The number of rotatable bonds is 21. The van der Waals surface area contributed by atoms with Gasteiger partial charge in [-0.15, -0.1) is 0 Å². The summed E-state index contributed by atoms with van der Waals surface area (Å²) in [6.45, 7) is 8.91. The molecule has 1 heterocycles. The predicted octanol–water partition coefficient (Wildman–Crippen LogP) is 7.18. The van der Waals surface area contributed by atoms with E-state index in [0.717, 1.165) is 24.1 Å². The number of allylic oxidation sites excluding steroid dienone is 2. The van der Waals surface area contributed by atoms with Crippen LogP contribution in [0.1, 0.15) is 124 Å². The Morgan fingerprint density at radius 2 is 1.44 bits per heavy atom. The summed E-state index contributed by atoms with van der Waals surface area (Å²) in [4.78, 5) is 11.2. The zero-order valence-corrected chi connectivity index (χ0v) is 21.7. The Morgan fingerprint density at radius 3 is 2.00 bits per heavy atom. The van der Waals surface area contributed by atoms with Gasteiger partial charge in [0, 0.05) is 13.3 Å². The van der Waals surface area contributed by atoms with E-state index in [2.05, 4.69) is 49.0 Å². The van der Waals surface area contributed by atoms with Gasteiger partial charge in [0.2, 0.25) is 5.91 Å². The standard InChI is InChI=1S/C28H53N3O/c1-4-6-7-8-9-10-11-12-13-14-15-16-17-18-19-20-21-22-28-30-24-26-31(28,5-2)25-23-29-27(3)32/h15-16,24,26,28,30H,4-14,17-23,25H2,1-3H3/p+1/b16-15+. The van der Waals surface area contributed by atoms with Crippen molar-refractivity contribution in [1.82, 2.24) is 10.6 Å². The fraction of sp³-hybridized carbons (Fsp3) is 0.821. The van der Waals surface area contributed by atoms with Crippen molar-refractivity contribution in [3.63, 3.8) is 0 Å². The number of hydrogen-bond acceptors (Lipinski definition) is 2. The van der Waals surface area contributed by atoms with E-state index in [1.165, 1.54) is 103 Å². The first-order valence-corrected chi connectivity index (χ1v) is 13.8. The second-order valence-electron chi connectivity index (χ2n) is 9.70. The molecular formula is C28H54N3O+. The molecule has 2 unspecified atom stereocenters. The molecule has 0 radical (unpaired) electrons. The highest BCUT2D eigenvalue weighted by atomic mass is 16.1. The second kappa shape index (κ2) is 19.2. The van der Waals surface area contributed by atoms with Crippen LogP contribution in [0.5, 0.6) is 0 Å². The van der Waals surface area contributed by atoms with Gasteiger partial charge in [-0.1, -0.05) is 83.3 Å². The SMILES string of the molecule is CCCCCCCCCCC/C=C/CCCCCCC1NC=C[N+]1(CC)CCNC(C)=O. The van der Waals surface area contributed by atoms with E-state index in [1.54, 1.807) is 6.92 Å². The maximum atomic E-state index is 11.2.